The smallest absolute Gasteiger partial charge is 0.197 e. The first-order valence-electron chi connectivity index (χ1n) is 19.9. The van der Waals surface area contributed by atoms with Crippen molar-refractivity contribution >= 4 is 89.7 Å². The third-order valence-corrected chi connectivity index (χ3v) is 13.1. The molecule has 2 unspecified atom stereocenters. The second kappa shape index (κ2) is 31.0. The lowest BCUT2D eigenvalue weighted by Crippen LogP contribution is -2.21. The van der Waals surface area contributed by atoms with Gasteiger partial charge in [0, 0.05) is 61.1 Å². The summed E-state index contributed by atoms with van der Waals surface area (Å²) < 4.78 is 13.3. The molecule has 61 heavy (non-hydrogen) atoms. The van der Waals surface area contributed by atoms with E-state index in [0.29, 0.717) is 11.6 Å². The van der Waals surface area contributed by atoms with Crippen LogP contribution in [0.4, 0.5) is 5.82 Å². The molecule has 0 radical (unpaired) electrons. The fourth-order valence-electron chi connectivity index (χ4n) is 4.61. The molecular weight excluding hydrogens is 1150 g/mol. The topological polar surface area (TPSA) is 217 Å². The predicted octanol–water partition coefficient (Wildman–Crippen LogP) is 8.84. The van der Waals surface area contributed by atoms with E-state index in [1.54, 1.807) is 6.33 Å². The number of H-pyrrole nitrogens is 2. The molecule has 0 spiro atoms. The number of nitrogens with one attached hydrogen (secondary N) is 3. The van der Waals surface area contributed by atoms with E-state index in [9.17, 15) is 0 Å². The monoisotopic (exact) mass is 1210 g/mol. The van der Waals surface area contributed by atoms with Crippen LogP contribution in [0.1, 0.15) is 48.7 Å². The van der Waals surface area contributed by atoms with Crippen LogP contribution in [0.2, 0.25) is 51.4 Å². The highest BCUT2D eigenvalue weighted by Crippen LogP contribution is 2.20. The zero-order valence-electron chi connectivity index (χ0n) is 36.4. The van der Waals surface area contributed by atoms with Crippen LogP contribution in [-0.2, 0) is 22.3 Å². The normalized spacial score (nSPS) is 11.8. The number of anilines is 1. The van der Waals surface area contributed by atoms with E-state index in [1.807, 2.05) is 74.5 Å². The predicted molar refractivity (Wildman–Crippen MR) is 273 cm³/mol. The van der Waals surface area contributed by atoms with E-state index in [2.05, 4.69) is 186 Å². The van der Waals surface area contributed by atoms with Gasteiger partial charge in [-0.05, 0) is 111 Å². The van der Waals surface area contributed by atoms with E-state index in [-0.39, 0.29) is 12.1 Å². The lowest BCUT2D eigenvalue weighted by Gasteiger charge is -2.16. The molecule has 2 aromatic carbocycles. The third kappa shape index (κ3) is 27.7. The van der Waals surface area contributed by atoms with Crippen LogP contribution in [0.3, 0.4) is 0 Å². The summed E-state index contributed by atoms with van der Waals surface area (Å²) in [4.78, 5) is 16.1. The molecule has 0 aliphatic heterocycles. The van der Waals surface area contributed by atoms with Crippen molar-refractivity contribution in [2.45, 2.75) is 90.1 Å². The molecule has 2 atom stereocenters. The van der Waals surface area contributed by atoms with Crippen LogP contribution in [0.15, 0.2) is 85.5 Å². The van der Waals surface area contributed by atoms with Crippen molar-refractivity contribution in [3.63, 3.8) is 0 Å². The molecule has 4 aromatic heterocycles. The van der Waals surface area contributed by atoms with Gasteiger partial charge in [0.1, 0.15) is 29.6 Å². The molecule has 0 bridgehead atoms. The zero-order chi connectivity index (χ0) is 44.9. The van der Waals surface area contributed by atoms with Crippen molar-refractivity contribution in [2.24, 2.45) is 5.73 Å². The summed E-state index contributed by atoms with van der Waals surface area (Å²) in [6.45, 7) is 22.0. The number of rotatable bonds is 16. The minimum Gasteiger partial charge on any atom is -0.382 e. The molecule has 0 amide bonds. The Morgan fingerprint density at radius 1 is 0.623 bits per heavy atom. The minimum absolute atomic E-state index is 0.114. The first kappa shape index (κ1) is 54.2. The molecular formula is C40H61I3N14O2Si2. The van der Waals surface area contributed by atoms with Gasteiger partial charge in [-0.15, -0.1) is 20.4 Å². The number of nitrogens with zero attached hydrogens (tertiary/aromatic N) is 10. The van der Waals surface area contributed by atoms with Crippen molar-refractivity contribution in [1.29, 1.82) is 0 Å². The van der Waals surface area contributed by atoms with Crippen molar-refractivity contribution < 1.29 is 9.47 Å². The molecule has 4 heterocycles. The highest BCUT2D eigenvalue weighted by molar-refractivity contribution is 14.1. The van der Waals surface area contributed by atoms with Crippen LogP contribution in [0, 0.1) is 11.1 Å². The molecule has 6 rings (SSSR count). The number of hydrogen-bond donors (Lipinski definition) is 4. The minimum atomic E-state index is -0.819. The molecule has 0 aliphatic rings. The fourth-order valence-corrected chi connectivity index (χ4v) is 7.98. The Kier molecular flexibility index (Phi) is 27.5. The Morgan fingerprint density at radius 2 is 1.07 bits per heavy atom. The summed E-state index contributed by atoms with van der Waals surface area (Å²) in [5.74, 6) is 1.89. The van der Waals surface area contributed by atoms with Gasteiger partial charge < -0.3 is 20.5 Å². The molecule has 0 saturated heterocycles. The average Bonchev–Trinajstić information content (AvgIpc) is 3.96. The van der Waals surface area contributed by atoms with Gasteiger partial charge in [-0.3, -0.25) is 0 Å². The summed E-state index contributed by atoms with van der Waals surface area (Å²) in [7, 11) is -1.64. The first-order valence-corrected chi connectivity index (χ1v) is 30.6. The van der Waals surface area contributed by atoms with E-state index in [4.69, 9.17) is 15.2 Å². The number of ether oxygens (including phenoxy) is 2. The van der Waals surface area contributed by atoms with Gasteiger partial charge in [0.2, 0.25) is 0 Å². The van der Waals surface area contributed by atoms with E-state index >= 15 is 0 Å². The largest absolute Gasteiger partial charge is 0.382 e. The Labute approximate surface area is 403 Å². The summed E-state index contributed by atoms with van der Waals surface area (Å²) in [5, 5.41) is 31.1. The van der Waals surface area contributed by atoms with Gasteiger partial charge >= 0.3 is 0 Å². The number of hydrogen-bond acceptors (Lipinski definition) is 14. The van der Waals surface area contributed by atoms with Crippen LogP contribution >= 0.6 is 67.8 Å². The van der Waals surface area contributed by atoms with E-state index in [1.165, 1.54) is 29.5 Å². The molecule has 6 aromatic rings. The molecule has 0 aliphatic carbocycles. The summed E-state index contributed by atoms with van der Waals surface area (Å²) in [6, 6.07) is 26.2. The Hall–Kier alpha value is -2.96. The average molecular weight is 1210 g/mol. The molecule has 21 heteroatoms. The maximum atomic E-state index is 5.89. The van der Waals surface area contributed by atoms with Crippen LogP contribution in [0.5, 0.6) is 0 Å². The SMILES string of the molecule is CCOCC[Si](C)(C)C.CCOCC[Si](C)(C)C.Ic1cc(I)ncn1.Ic1cc(NC(Cc2ccccc2)c2nn[nH]n2)ncn1.NC(Cc1ccccc1)c1nn[nH]n1. The summed E-state index contributed by atoms with van der Waals surface area (Å²) in [5.41, 5.74) is 8.24. The maximum absolute atomic E-state index is 5.89. The first-order chi connectivity index (χ1) is 29.1. The third-order valence-electron chi connectivity index (χ3n) is 7.91. The van der Waals surface area contributed by atoms with Crippen molar-refractivity contribution in [3.8, 4) is 0 Å². The second-order valence-electron chi connectivity index (χ2n) is 15.6. The standard InChI is InChI=1S/C13H12IN7.C9H11N5.2C7H18OSi.C4H2I2N2/c14-11-7-12(16-8-15-11)17-10(13-18-20-21-19-13)6-9-4-2-1-3-5-9;10-8(9-11-13-14-12-9)6-7-4-2-1-3-5-7;2*1-5-8-6-7-9(2,3)4;5-3-1-4(6)8-2-7-3/h1-5,7-8,10H,6H2,(H,15,16,17)(H,18,19,20,21);1-5,8H,6,10H2,(H,11,12,13,14);2*5-7H2,1-4H3;1-2H. The number of nitrogens with two attached hydrogens (primary N) is 1. The Bertz CT molecular complexity index is 1920. The quantitative estimate of drug-likeness (QED) is 0.0308. The second-order valence-corrected chi connectivity index (χ2v) is 30.2. The number of aromatic nitrogens is 12. The molecule has 332 valence electrons. The van der Waals surface area contributed by atoms with Crippen molar-refractivity contribution in [3.05, 3.63) is 119 Å². The van der Waals surface area contributed by atoms with Crippen molar-refractivity contribution in [1.82, 2.24) is 61.2 Å². The number of benzene rings is 2. The van der Waals surface area contributed by atoms with Crippen LogP contribution in [-0.4, -0.2) is 104 Å². The Balaban J connectivity index is 0.000000280. The number of tetrazole rings is 2. The van der Waals surface area contributed by atoms with E-state index in [0.717, 1.165) is 56.2 Å². The lowest BCUT2D eigenvalue weighted by molar-refractivity contribution is 0.161. The summed E-state index contributed by atoms with van der Waals surface area (Å²) >= 11 is 6.45. The zero-order valence-corrected chi connectivity index (χ0v) is 44.9. The van der Waals surface area contributed by atoms with Crippen LogP contribution < -0.4 is 11.1 Å². The van der Waals surface area contributed by atoms with E-state index < -0.39 is 16.1 Å². The Morgan fingerprint density at radius 3 is 1.46 bits per heavy atom. The number of aromatic amines is 2. The number of halogens is 3. The fraction of sp³-hybridized carbons (Fsp3) is 0.450. The van der Waals surface area contributed by atoms with Crippen molar-refractivity contribution in [2.75, 3.05) is 31.7 Å². The highest BCUT2D eigenvalue weighted by Gasteiger charge is 2.18. The summed E-state index contributed by atoms with van der Waals surface area (Å²) in [6.07, 6.45) is 4.55. The highest BCUT2D eigenvalue weighted by atomic mass is 127. The molecule has 0 saturated carbocycles. The maximum Gasteiger partial charge on any atom is 0.197 e. The van der Waals surface area contributed by atoms with Crippen LogP contribution in [0.25, 0.3) is 0 Å². The molecule has 0 fully saturated rings. The van der Waals surface area contributed by atoms with Gasteiger partial charge in [-0.1, -0.05) is 110 Å². The van der Waals surface area contributed by atoms with Gasteiger partial charge in [-0.2, -0.15) is 10.4 Å². The van der Waals surface area contributed by atoms with Gasteiger partial charge in [0.05, 0.1) is 12.1 Å². The molecule has 16 nitrogen and oxygen atoms in total. The van der Waals surface area contributed by atoms with Gasteiger partial charge in [0.15, 0.2) is 11.6 Å². The van der Waals surface area contributed by atoms with Gasteiger partial charge in [-0.25, -0.2) is 19.9 Å². The lowest BCUT2D eigenvalue weighted by atomic mass is 10.1. The molecule has 5 N–H and O–H groups in total. The van der Waals surface area contributed by atoms with Gasteiger partial charge in [0.25, 0.3) is 0 Å².